The van der Waals surface area contributed by atoms with Crippen molar-refractivity contribution >= 4 is 17.4 Å². The van der Waals surface area contributed by atoms with E-state index in [0.29, 0.717) is 12.5 Å². The Kier molecular flexibility index (Phi) is 3.82. The van der Waals surface area contributed by atoms with Gasteiger partial charge < -0.3 is 5.73 Å². The molecule has 5 nitrogen and oxygen atoms in total. The van der Waals surface area contributed by atoms with Gasteiger partial charge in [-0.15, -0.1) is 0 Å². The van der Waals surface area contributed by atoms with E-state index in [0.717, 1.165) is 42.6 Å². The average Bonchev–Trinajstić information content (AvgIpc) is 3.10. The van der Waals surface area contributed by atoms with Gasteiger partial charge in [0.25, 0.3) is 0 Å². The number of aromatic nitrogens is 1. The summed E-state index contributed by atoms with van der Waals surface area (Å²) in [6.07, 6.45) is 11.1. The summed E-state index contributed by atoms with van der Waals surface area (Å²) in [6.45, 7) is 0.613. The van der Waals surface area contributed by atoms with Gasteiger partial charge in [-0.05, 0) is 48.4 Å². The minimum absolute atomic E-state index is 0.00261. The molecule has 2 aromatic rings. The lowest BCUT2D eigenvalue weighted by atomic mass is 9.55. The van der Waals surface area contributed by atoms with E-state index in [2.05, 4.69) is 23.2 Å². The molecule has 1 fully saturated rings. The normalized spacial score (nSPS) is 28.7. The number of hydrogen-bond donors (Lipinski definition) is 1. The zero-order valence-corrected chi connectivity index (χ0v) is 16.0. The van der Waals surface area contributed by atoms with Crippen LogP contribution in [0.25, 0.3) is 0 Å². The topological polar surface area (TPSA) is 79.8 Å². The first-order valence-electron chi connectivity index (χ1n) is 10.3. The van der Waals surface area contributed by atoms with Crippen LogP contribution in [0.3, 0.4) is 0 Å². The lowest BCUT2D eigenvalue weighted by Crippen LogP contribution is -2.52. The first-order valence-corrected chi connectivity index (χ1v) is 10.3. The van der Waals surface area contributed by atoms with E-state index in [9.17, 15) is 10.1 Å². The fourth-order valence-corrected chi connectivity index (χ4v) is 5.85. The molecule has 1 aromatic heterocycles. The number of quaternary nitrogens is 1. The Morgan fingerprint density at radius 2 is 2.07 bits per heavy atom. The molecule has 2 amide bonds. The van der Waals surface area contributed by atoms with Crippen molar-refractivity contribution in [1.82, 2.24) is 9.47 Å². The molecule has 0 bridgehead atoms. The second-order valence-electron chi connectivity index (χ2n) is 8.57. The van der Waals surface area contributed by atoms with Crippen molar-refractivity contribution in [1.29, 1.82) is 5.26 Å². The molecule has 1 saturated carbocycles. The summed E-state index contributed by atoms with van der Waals surface area (Å²) >= 11 is 0. The molecule has 5 rings (SSSR count). The average molecular weight is 373 g/mol. The van der Waals surface area contributed by atoms with Crippen LogP contribution in [0.2, 0.25) is 0 Å². The van der Waals surface area contributed by atoms with Gasteiger partial charge in [-0.2, -0.15) is 9.74 Å². The molecule has 3 aliphatic rings. The van der Waals surface area contributed by atoms with E-state index in [-0.39, 0.29) is 10.5 Å². The van der Waals surface area contributed by atoms with Crippen LogP contribution in [0.5, 0.6) is 0 Å². The number of hydrogen-bond acceptors (Lipinski definition) is 3. The number of benzene rings is 1. The first kappa shape index (κ1) is 17.4. The van der Waals surface area contributed by atoms with Crippen molar-refractivity contribution in [2.24, 2.45) is 11.7 Å². The summed E-state index contributed by atoms with van der Waals surface area (Å²) in [4.78, 5) is 17.0. The van der Waals surface area contributed by atoms with Crippen molar-refractivity contribution in [2.45, 2.75) is 50.4 Å². The molecule has 142 valence electrons. The molecule has 1 aliphatic heterocycles. The van der Waals surface area contributed by atoms with Gasteiger partial charge in [0.2, 0.25) is 0 Å². The lowest BCUT2D eigenvalue weighted by molar-refractivity contribution is 0.225. The number of carbonyl (C=O) groups excluding carboxylic acids is 1. The summed E-state index contributed by atoms with van der Waals surface area (Å²) in [5.41, 5.74) is 10.9. The van der Waals surface area contributed by atoms with Gasteiger partial charge in [0.05, 0.1) is 17.7 Å². The van der Waals surface area contributed by atoms with Gasteiger partial charge in [-0.25, -0.2) is 4.79 Å². The van der Waals surface area contributed by atoms with Crippen molar-refractivity contribution in [3.63, 3.8) is 0 Å². The third-order valence-corrected chi connectivity index (χ3v) is 7.35. The predicted molar refractivity (Wildman–Crippen MR) is 108 cm³/mol. The van der Waals surface area contributed by atoms with E-state index in [1.807, 2.05) is 12.1 Å². The number of rotatable bonds is 2. The SMILES string of the molecule is N#CC1(C2CCCCC2)Cc2cc3c(cc21)[N+](C(N)=O)(c1cccnc1)CC3. The summed E-state index contributed by atoms with van der Waals surface area (Å²) in [5.74, 6) is 0.423. The Morgan fingerprint density at radius 1 is 1.25 bits per heavy atom. The van der Waals surface area contributed by atoms with Crippen LogP contribution in [0.1, 0.15) is 48.8 Å². The number of nitrogens with two attached hydrogens (primary N) is 1. The van der Waals surface area contributed by atoms with E-state index < -0.39 is 5.41 Å². The van der Waals surface area contributed by atoms with E-state index >= 15 is 0 Å². The van der Waals surface area contributed by atoms with Crippen molar-refractivity contribution in [3.8, 4) is 6.07 Å². The molecule has 2 aliphatic carbocycles. The van der Waals surface area contributed by atoms with E-state index in [4.69, 9.17) is 5.73 Å². The second-order valence-corrected chi connectivity index (χ2v) is 8.57. The van der Waals surface area contributed by atoms with E-state index in [1.165, 1.54) is 30.4 Å². The highest BCUT2D eigenvalue weighted by molar-refractivity contribution is 5.95. The predicted octanol–water partition coefficient (Wildman–Crippen LogP) is 4.25. The fourth-order valence-electron chi connectivity index (χ4n) is 5.85. The Morgan fingerprint density at radius 3 is 2.75 bits per heavy atom. The standard InChI is InChI=1S/C23H24N4O/c24-15-23(18-5-2-1-3-6-18)13-17-11-16-8-10-27(22(25)28,21(16)12-20(17)23)19-7-4-9-26-14-19/h4,7,9,11-12,14,18H,1-3,5-6,8,10,13H2,(H-,25,28)/p+1. The maximum atomic E-state index is 12.7. The van der Waals surface area contributed by atoms with Gasteiger partial charge in [0, 0.05) is 30.3 Å². The monoisotopic (exact) mass is 373 g/mol. The maximum absolute atomic E-state index is 12.7. The molecular formula is C23H25N4O+. The highest BCUT2D eigenvalue weighted by atomic mass is 16.2. The fraction of sp³-hybridized carbons (Fsp3) is 0.435. The summed E-state index contributed by atoms with van der Waals surface area (Å²) in [7, 11) is 0. The highest BCUT2D eigenvalue weighted by Gasteiger charge is 2.53. The Hall–Kier alpha value is -2.71. The van der Waals surface area contributed by atoms with Gasteiger partial charge in [0.1, 0.15) is 6.54 Å². The molecule has 1 aromatic carbocycles. The zero-order chi connectivity index (χ0) is 19.4. The molecule has 28 heavy (non-hydrogen) atoms. The van der Waals surface area contributed by atoms with Gasteiger partial charge in [-0.1, -0.05) is 19.3 Å². The first-order chi connectivity index (χ1) is 13.6. The van der Waals surface area contributed by atoms with Gasteiger partial charge in [-0.3, -0.25) is 4.98 Å². The molecule has 2 N–H and O–H groups in total. The smallest absolute Gasteiger partial charge is 0.318 e. The number of urea groups is 1. The van der Waals surface area contributed by atoms with Gasteiger partial charge >= 0.3 is 6.03 Å². The third-order valence-electron chi connectivity index (χ3n) is 7.35. The Bertz CT molecular complexity index is 990. The van der Waals surface area contributed by atoms with Crippen LogP contribution >= 0.6 is 0 Å². The number of nitriles is 1. The van der Waals surface area contributed by atoms with Crippen LogP contribution in [0.4, 0.5) is 16.2 Å². The van der Waals surface area contributed by atoms with Crippen molar-refractivity contribution in [3.05, 3.63) is 53.3 Å². The van der Waals surface area contributed by atoms with Crippen molar-refractivity contribution < 1.29 is 4.79 Å². The number of primary amides is 1. The highest BCUT2D eigenvalue weighted by Crippen LogP contribution is 2.54. The summed E-state index contributed by atoms with van der Waals surface area (Å²) in [6, 6.07) is 10.4. The molecule has 0 radical (unpaired) electrons. The minimum Gasteiger partial charge on any atom is -0.318 e. The molecule has 2 atom stereocenters. The Balaban J connectivity index is 1.65. The van der Waals surface area contributed by atoms with Crippen LogP contribution in [0.15, 0.2) is 36.7 Å². The summed E-state index contributed by atoms with van der Waals surface area (Å²) in [5, 5.41) is 10.2. The largest absolute Gasteiger partial charge is 0.424 e. The van der Waals surface area contributed by atoms with Crippen molar-refractivity contribution in [2.75, 3.05) is 6.54 Å². The Labute approximate surface area is 165 Å². The van der Waals surface area contributed by atoms with Crippen LogP contribution in [-0.4, -0.2) is 17.6 Å². The van der Waals surface area contributed by atoms with Crippen LogP contribution in [-0.2, 0) is 18.3 Å². The molecular weight excluding hydrogens is 348 g/mol. The second kappa shape index (κ2) is 6.15. The van der Waals surface area contributed by atoms with Gasteiger partial charge in [0.15, 0.2) is 11.4 Å². The van der Waals surface area contributed by atoms with E-state index in [1.54, 1.807) is 12.4 Å². The maximum Gasteiger partial charge on any atom is 0.424 e. The molecule has 0 spiro atoms. The van der Waals surface area contributed by atoms with Crippen LogP contribution in [0, 0.1) is 17.2 Å². The number of amides is 2. The number of fused-ring (bicyclic) bond motifs is 2. The zero-order valence-electron chi connectivity index (χ0n) is 16.0. The third kappa shape index (κ3) is 2.15. The number of pyridine rings is 1. The molecule has 5 heteroatoms. The lowest BCUT2D eigenvalue weighted by Gasteiger charge is -2.46. The minimum atomic E-state index is -0.393. The quantitative estimate of drug-likeness (QED) is 0.799. The van der Waals surface area contributed by atoms with Crippen LogP contribution < -0.4 is 10.2 Å². The summed E-state index contributed by atoms with van der Waals surface area (Å²) < 4.78 is 0.00261. The number of carbonyl (C=O) groups is 1. The molecule has 2 unspecified atom stereocenters. The number of nitrogens with zero attached hydrogens (tertiary/aromatic N) is 3. The molecule has 2 heterocycles. The molecule has 0 saturated heterocycles.